The Morgan fingerprint density at radius 1 is 1.47 bits per heavy atom. The number of rotatable bonds is 5. The number of aromatic carboxylic acids is 1. The molecule has 6 heteroatoms. The first kappa shape index (κ1) is 15.2. The van der Waals surface area contributed by atoms with Gasteiger partial charge in [0, 0.05) is 10.9 Å². The average Bonchev–Trinajstić information content (AvgIpc) is 2.54. The van der Waals surface area contributed by atoms with Gasteiger partial charge in [0.2, 0.25) is 0 Å². The Labute approximate surface area is 116 Å². The molecule has 0 radical (unpaired) electrons. The molecule has 0 aliphatic carbocycles. The van der Waals surface area contributed by atoms with Crippen LogP contribution in [0.2, 0.25) is 0 Å². The van der Waals surface area contributed by atoms with Crippen molar-refractivity contribution < 1.29 is 14.7 Å². The number of carboxylic acid groups (broad SMARTS) is 1. The fourth-order valence-corrected chi connectivity index (χ4v) is 2.69. The molecular weight excluding hydrogens is 264 g/mol. The Morgan fingerprint density at radius 3 is 2.63 bits per heavy atom. The van der Waals surface area contributed by atoms with Crippen molar-refractivity contribution in [1.29, 1.82) is 0 Å². The van der Waals surface area contributed by atoms with E-state index >= 15 is 0 Å². The SMILES string of the molecule is C=CCC(C)NC(=O)Nc1sc(C)c(C)c1C(=O)O. The predicted octanol–water partition coefficient (Wildman–Crippen LogP) is 3.15. The zero-order chi connectivity index (χ0) is 14.6. The first-order chi connectivity index (χ1) is 8.86. The van der Waals surface area contributed by atoms with Gasteiger partial charge in [0.25, 0.3) is 0 Å². The second-order valence-corrected chi connectivity index (χ2v) is 5.54. The Kier molecular flexibility index (Phi) is 5.11. The van der Waals surface area contributed by atoms with Gasteiger partial charge in [0.05, 0.1) is 5.56 Å². The van der Waals surface area contributed by atoms with Crippen LogP contribution in [-0.2, 0) is 0 Å². The van der Waals surface area contributed by atoms with Crippen molar-refractivity contribution in [1.82, 2.24) is 5.32 Å². The molecule has 0 bridgehead atoms. The molecule has 19 heavy (non-hydrogen) atoms. The summed E-state index contributed by atoms with van der Waals surface area (Å²) in [5.74, 6) is -1.03. The van der Waals surface area contributed by atoms with E-state index in [9.17, 15) is 9.59 Å². The molecule has 0 aromatic carbocycles. The Hall–Kier alpha value is -1.82. The molecule has 2 amide bonds. The van der Waals surface area contributed by atoms with Gasteiger partial charge >= 0.3 is 12.0 Å². The Bertz CT molecular complexity index is 508. The molecular formula is C13H18N2O3S. The van der Waals surface area contributed by atoms with Gasteiger partial charge < -0.3 is 10.4 Å². The van der Waals surface area contributed by atoms with Crippen LogP contribution in [0.3, 0.4) is 0 Å². The topological polar surface area (TPSA) is 78.4 Å². The van der Waals surface area contributed by atoms with Crippen LogP contribution >= 0.6 is 11.3 Å². The second kappa shape index (κ2) is 6.38. The number of amides is 2. The summed E-state index contributed by atoms with van der Waals surface area (Å²) < 4.78 is 0. The molecule has 1 aromatic rings. The molecule has 5 nitrogen and oxygen atoms in total. The monoisotopic (exact) mass is 282 g/mol. The van der Waals surface area contributed by atoms with Crippen LogP contribution in [0, 0.1) is 13.8 Å². The quantitative estimate of drug-likeness (QED) is 0.726. The number of carbonyl (C=O) groups is 2. The highest BCUT2D eigenvalue weighted by Crippen LogP contribution is 2.32. The third-order valence-electron chi connectivity index (χ3n) is 2.72. The summed E-state index contributed by atoms with van der Waals surface area (Å²) in [6.45, 7) is 9.01. The largest absolute Gasteiger partial charge is 0.478 e. The molecule has 0 aliphatic rings. The summed E-state index contributed by atoms with van der Waals surface area (Å²) in [5.41, 5.74) is 0.848. The first-order valence-corrected chi connectivity index (χ1v) is 6.70. The number of carbonyl (C=O) groups excluding carboxylic acids is 1. The van der Waals surface area contributed by atoms with Crippen LogP contribution in [0.5, 0.6) is 0 Å². The zero-order valence-corrected chi connectivity index (χ0v) is 12.1. The number of aryl methyl sites for hydroxylation is 1. The maximum Gasteiger partial charge on any atom is 0.338 e. The number of thiophene rings is 1. The highest BCUT2D eigenvalue weighted by molar-refractivity contribution is 7.16. The molecule has 0 saturated heterocycles. The third kappa shape index (κ3) is 3.82. The summed E-state index contributed by atoms with van der Waals surface area (Å²) in [7, 11) is 0. The molecule has 104 valence electrons. The van der Waals surface area contributed by atoms with Crippen molar-refractivity contribution in [3.8, 4) is 0 Å². The highest BCUT2D eigenvalue weighted by atomic mass is 32.1. The maximum atomic E-state index is 11.8. The Morgan fingerprint density at radius 2 is 2.11 bits per heavy atom. The molecule has 3 N–H and O–H groups in total. The smallest absolute Gasteiger partial charge is 0.338 e. The lowest BCUT2D eigenvalue weighted by atomic mass is 10.1. The fraction of sp³-hybridized carbons (Fsp3) is 0.385. The van der Waals surface area contributed by atoms with Gasteiger partial charge in [0.1, 0.15) is 5.00 Å². The summed E-state index contributed by atoms with van der Waals surface area (Å²) in [4.78, 5) is 23.8. The first-order valence-electron chi connectivity index (χ1n) is 5.88. The molecule has 0 spiro atoms. The van der Waals surface area contributed by atoms with Crippen LogP contribution in [-0.4, -0.2) is 23.1 Å². The standard InChI is InChI=1S/C13H18N2O3S/c1-5-6-7(2)14-13(18)15-11-10(12(16)17)8(3)9(4)19-11/h5,7H,1,6H2,2-4H3,(H,16,17)(H2,14,15,18). The number of nitrogens with one attached hydrogen (secondary N) is 2. The van der Waals surface area contributed by atoms with Gasteiger partial charge in [-0.25, -0.2) is 9.59 Å². The van der Waals surface area contributed by atoms with Crippen LogP contribution < -0.4 is 10.6 Å². The summed E-state index contributed by atoms with van der Waals surface area (Å²) >= 11 is 1.27. The van der Waals surface area contributed by atoms with Crippen molar-refractivity contribution >= 4 is 28.3 Å². The lowest BCUT2D eigenvalue weighted by Crippen LogP contribution is -2.35. The van der Waals surface area contributed by atoms with Gasteiger partial charge in [-0.2, -0.15) is 0 Å². The zero-order valence-electron chi connectivity index (χ0n) is 11.2. The summed E-state index contributed by atoms with van der Waals surface area (Å²) in [6, 6.07) is -0.453. The molecule has 0 aliphatic heterocycles. The highest BCUT2D eigenvalue weighted by Gasteiger charge is 2.20. The molecule has 0 saturated carbocycles. The minimum atomic E-state index is -1.03. The Balaban J connectivity index is 2.82. The van der Waals surface area contributed by atoms with E-state index in [2.05, 4.69) is 17.2 Å². The molecule has 1 rings (SSSR count). The van der Waals surface area contributed by atoms with Gasteiger partial charge in [-0.05, 0) is 32.8 Å². The van der Waals surface area contributed by atoms with Crippen LogP contribution in [0.1, 0.15) is 34.1 Å². The number of hydrogen-bond donors (Lipinski definition) is 3. The molecule has 1 atom stereocenters. The minimum absolute atomic E-state index is 0.0482. The van der Waals surface area contributed by atoms with E-state index in [0.29, 0.717) is 17.0 Å². The van der Waals surface area contributed by atoms with Gasteiger partial charge in [-0.1, -0.05) is 6.08 Å². The van der Waals surface area contributed by atoms with Gasteiger partial charge in [-0.15, -0.1) is 17.9 Å². The second-order valence-electron chi connectivity index (χ2n) is 4.32. The van der Waals surface area contributed by atoms with E-state index in [1.54, 1.807) is 13.0 Å². The van der Waals surface area contributed by atoms with E-state index in [1.165, 1.54) is 11.3 Å². The summed E-state index contributed by atoms with van der Waals surface area (Å²) in [5, 5.41) is 14.8. The number of anilines is 1. The molecule has 1 unspecified atom stereocenters. The van der Waals surface area contributed by atoms with Crippen molar-refractivity contribution in [3.63, 3.8) is 0 Å². The van der Waals surface area contributed by atoms with Crippen LogP contribution in [0.25, 0.3) is 0 Å². The van der Waals surface area contributed by atoms with Crippen molar-refractivity contribution in [2.45, 2.75) is 33.2 Å². The number of carboxylic acids is 1. The third-order valence-corrected chi connectivity index (χ3v) is 3.85. The average molecular weight is 282 g/mol. The number of hydrogen-bond acceptors (Lipinski definition) is 3. The lowest BCUT2D eigenvalue weighted by molar-refractivity contribution is 0.0697. The van der Waals surface area contributed by atoms with E-state index in [0.717, 1.165) is 4.88 Å². The van der Waals surface area contributed by atoms with Crippen molar-refractivity contribution in [2.24, 2.45) is 0 Å². The van der Waals surface area contributed by atoms with Crippen LogP contribution in [0.15, 0.2) is 12.7 Å². The minimum Gasteiger partial charge on any atom is -0.478 e. The van der Waals surface area contributed by atoms with Crippen molar-refractivity contribution in [2.75, 3.05) is 5.32 Å². The summed E-state index contributed by atoms with van der Waals surface area (Å²) in [6.07, 6.45) is 2.37. The predicted molar refractivity (Wildman–Crippen MR) is 77.2 cm³/mol. The van der Waals surface area contributed by atoms with Crippen LogP contribution in [0.4, 0.5) is 9.80 Å². The fourth-order valence-electron chi connectivity index (χ4n) is 1.64. The van der Waals surface area contributed by atoms with E-state index in [4.69, 9.17) is 5.11 Å². The van der Waals surface area contributed by atoms with Gasteiger partial charge in [0.15, 0.2) is 0 Å². The van der Waals surface area contributed by atoms with E-state index in [1.807, 2.05) is 13.8 Å². The molecule has 1 heterocycles. The lowest BCUT2D eigenvalue weighted by Gasteiger charge is -2.12. The van der Waals surface area contributed by atoms with Crippen molar-refractivity contribution in [3.05, 3.63) is 28.7 Å². The molecule has 1 aromatic heterocycles. The normalized spacial score (nSPS) is 11.7. The molecule has 0 fully saturated rings. The van der Waals surface area contributed by atoms with Gasteiger partial charge in [-0.3, -0.25) is 5.32 Å². The number of urea groups is 1. The van der Waals surface area contributed by atoms with E-state index < -0.39 is 12.0 Å². The van der Waals surface area contributed by atoms with E-state index in [-0.39, 0.29) is 11.6 Å². The maximum absolute atomic E-state index is 11.8.